The summed E-state index contributed by atoms with van der Waals surface area (Å²) in [5.74, 6) is 1.43. The summed E-state index contributed by atoms with van der Waals surface area (Å²) in [6, 6.07) is 3.69. The van der Waals surface area contributed by atoms with Crippen LogP contribution in [0.25, 0.3) is 11.0 Å². The molecule has 2 N–H and O–H groups in total. The first-order valence-electron chi connectivity index (χ1n) is 5.15. The van der Waals surface area contributed by atoms with Gasteiger partial charge in [0.25, 0.3) is 0 Å². The fourth-order valence-electron chi connectivity index (χ4n) is 1.74. The molecule has 1 aliphatic heterocycles. The van der Waals surface area contributed by atoms with E-state index in [1.165, 1.54) is 0 Å². The SMILES string of the molecule is NC(=S)CCn1nnc2cc3c(cc21)OCO3. The molecule has 0 fully saturated rings. The fraction of sp³-hybridized carbons (Fsp3) is 0.300. The molecule has 0 saturated heterocycles. The van der Waals surface area contributed by atoms with E-state index in [9.17, 15) is 0 Å². The number of aromatic nitrogens is 3. The second-order valence-corrected chi connectivity index (χ2v) is 4.25. The molecule has 0 spiro atoms. The molecule has 0 amide bonds. The van der Waals surface area contributed by atoms with Gasteiger partial charge in [-0.05, 0) is 0 Å². The zero-order valence-corrected chi connectivity index (χ0v) is 9.74. The van der Waals surface area contributed by atoms with E-state index in [0.29, 0.717) is 23.7 Å². The van der Waals surface area contributed by atoms with Crippen molar-refractivity contribution in [3.8, 4) is 11.5 Å². The molecular weight excluding hydrogens is 240 g/mol. The van der Waals surface area contributed by atoms with Crippen molar-refractivity contribution in [2.75, 3.05) is 6.79 Å². The second kappa shape index (κ2) is 3.85. The number of nitrogens with two attached hydrogens (primary N) is 1. The lowest BCUT2D eigenvalue weighted by Crippen LogP contribution is -2.12. The molecule has 6 nitrogen and oxygen atoms in total. The van der Waals surface area contributed by atoms with Crippen molar-refractivity contribution < 1.29 is 9.47 Å². The number of thiocarbonyl (C=S) groups is 1. The maximum absolute atomic E-state index is 5.47. The Morgan fingerprint density at radius 3 is 2.94 bits per heavy atom. The third-order valence-electron chi connectivity index (χ3n) is 2.58. The van der Waals surface area contributed by atoms with Gasteiger partial charge in [0, 0.05) is 25.1 Å². The Balaban J connectivity index is 2.00. The molecule has 0 radical (unpaired) electrons. The van der Waals surface area contributed by atoms with Gasteiger partial charge in [-0.15, -0.1) is 5.10 Å². The number of benzene rings is 1. The van der Waals surface area contributed by atoms with Gasteiger partial charge in [0.05, 0.1) is 10.5 Å². The van der Waals surface area contributed by atoms with Crippen LogP contribution < -0.4 is 15.2 Å². The summed E-state index contributed by atoms with van der Waals surface area (Å²) in [4.78, 5) is 0.467. The normalized spacial score (nSPS) is 13.2. The Kier molecular flexibility index (Phi) is 2.32. The quantitative estimate of drug-likeness (QED) is 0.813. The molecule has 2 aromatic rings. The zero-order chi connectivity index (χ0) is 11.8. The molecule has 0 bridgehead atoms. The van der Waals surface area contributed by atoms with Crippen molar-refractivity contribution in [3.05, 3.63) is 12.1 Å². The summed E-state index contributed by atoms with van der Waals surface area (Å²) in [6.45, 7) is 0.869. The van der Waals surface area contributed by atoms with Crippen molar-refractivity contribution in [2.24, 2.45) is 5.73 Å². The Bertz CT molecular complexity index is 595. The van der Waals surface area contributed by atoms with Crippen molar-refractivity contribution in [3.63, 3.8) is 0 Å². The third kappa shape index (κ3) is 1.78. The van der Waals surface area contributed by atoms with Gasteiger partial charge in [0.2, 0.25) is 6.79 Å². The summed E-state index contributed by atoms with van der Waals surface area (Å²) >= 11 is 4.84. The number of hydrogen-bond acceptors (Lipinski definition) is 5. The minimum absolute atomic E-state index is 0.252. The van der Waals surface area contributed by atoms with E-state index in [4.69, 9.17) is 27.4 Å². The predicted molar refractivity (Wildman–Crippen MR) is 65.1 cm³/mol. The summed E-state index contributed by atoms with van der Waals surface area (Å²) in [5, 5.41) is 8.12. The summed E-state index contributed by atoms with van der Waals surface area (Å²) in [7, 11) is 0. The molecule has 1 aromatic heterocycles. The monoisotopic (exact) mass is 250 g/mol. The standard InChI is InChI=1S/C10H10N4O2S/c11-10(17)1-2-14-7-4-9-8(15-5-16-9)3-6(7)12-13-14/h3-4H,1-2,5H2,(H2,11,17). The highest BCUT2D eigenvalue weighted by molar-refractivity contribution is 7.80. The first-order valence-corrected chi connectivity index (χ1v) is 5.56. The molecule has 0 unspecified atom stereocenters. The van der Waals surface area contributed by atoms with E-state index in [2.05, 4.69) is 10.3 Å². The van der Waals surface area contributed by atoms with E-state index >= 15 is 0 Å². The predicted octanol–water partition coefficient (Wildman–Crippen LogP) is 0.836. The van der Waals surface area contributed by atoms with Gasteiger partial charge in [-0.3, -0.25) is 0 Å². The highest BCUT2D eigenvalue weighted by atomic mass is 32.1. The van der Waals surface area contributed by atoms with Crippen LogP contribution in [0.3, 0.4) is 0 Å². The average molecular weight is 250 g/mol. The maximum atomic E-state index is 5.47. The molecule has 17 heavy (non-hydrogen) atoms. The molecule has 7 heteroatoms. The minimum atomic E-state index is 0.252. The number of ether oxygens (including phenoxy) is 2. The molecule has 0 aliphatic carbocycles. The molecular formula is C10H10N4O2S. The van der Waals surface area contributed by atoms with Crippen LogP contribution in [0.1, 0.15) is 6.42 Å². The molecule has 3 rings (SSSR count). The van der Waals surface area contributed by atoms with Crippen LogP contribution in [0.15, 0.2) is 12.1 Å². The fourth-order valence-corrected chi connectivity index (χ4v) is 1.83. The van der Waals surface area contributed by atoms with E-state index in [0.717, 1.165) is 16.8 Å². The molecule has 0 atom stereocenters. The van der Waals surface area contributed by atoms with Gasteiger partial charge < -0.3 is 15.2 Å². The molecule has 88 valence electrons. The number of rotatable bonds is 3. The zero-order valence-electron chi connectivity index (χ0n) is 8.92. The highest BCUT2D eigenvalue weighted by Gasteiger charge is 2.17. The van der Waals surface area contributed by atoms with Crippen LogP contribution in [0.5, 0.6) is 11.5 Å². The Morgan fingerprint density at radius 1 is 1.41 bits per heavy atom. The highest BCUT2D eigenvalue weighted by Crippen LogP contribution is 2.35. The molecule has 0 saturated carbocycles. The lowest BCUT2D eigenvalue weighted by atomic mass is 10.2. The van der Waals surface area contributed by atoms with Crippen LogP contribution >= 0.6 is 12.2 Å². The second-order valence-electron chi connectivity index (χ2n) is 3.72. The number of nitrogens with zero attached hydrogens (tertiary/aromatic N) is 3. The van der Waals surface area contributed by atoms with Gasteiger partial charge in [-0.25, -0.2) is 4.68 Å². The molecule has 2 heterocycles. The van der Waals surface area contributed by atoms with Crippen molar-refractivity contribution in [1.29, 1.82) is 0 Å². The minimum Gasteiger partial charge on any atom is -0.454 e. The Labute approximate surface area is 102 Å². The average Bonchev–Trinajstić information content (AvgIpc) is 2.88. The lowest BCUT2D eigenvalue weighted by Gasteiger charge is -2.01. The number of aryl methyl sites for hydroxylation is 1. The van der Waals surface area contributed by atoms with Crippen LogP contribution in [0.2, 0.25) is 0 Å². The van der Waals surface area contributed by atoms with Gasteiger partial charge >= 0.3 is 0 Å². The number of fused-ring (bicyclic) bond motifs is 2. The summed E-state index contributed by atoms with van der Waals surface area (Å²) in [6.07, 6.45) is 0.599. The van der Waals surface area contributed by atoms with Gasteiger partial charge in [0.1, 0.15) is 5.52 Å². The topological polar surface area (TPSA) is 75.2 Å². The van der Waals surface area contributed by atoms with Crippen molar-refractivity contribution in [2.45, 2.75) is 13.0 Å². The van der Waals surface area contributed by atoms with Crippen molar-refractivity contribution in [1.82, 2.24) is 15.0 Å². The third-order valence-corrected chi connectivity index (χ3v) is 2.78. The Hall–Kier alpha value is -1.89. The summed E-state index contributed by atoms with van der Waals surface area (Å²) in [5.41, 5.74) is 7.14. The van der Waals surface area contributed by atoms with Crippen LogP contribution in [0.4, 0.5) is 0 Å². The first kappa shape index (κ1) is 10.3. The van der Waals surface area contributed by atoms with Gasteiger partial charge in [0.15, 0.2) is 11.5 Å². The van der Waals surface area contributed by atoms with E-state index in [1.54, 1.807) is 4.68 Å². The molecule has 1 aromatic carbocycles. The van der Waals surface area contributed by atoms with E-state index in [1.807, 2.05) is 12.1 Å². The smallest absolute Gasteiger partial charge is 0.231 e. The van der Waals surface area contributed by atoms with Crippen LogP contribution in [0, 0.1) is 0 Å². The van der Waals surface area contributed by atoms with E-state index < -0.39 is 0 Å². The first-order chi connectivity index (χ1) is 8.24. The molecule has 1 aliphatic rings. The van der Waals surface area contributed by atoms with Crippen molar-refractivity contribution >= 4 is 28.2 Å². The van der Waals surface area contributed by atoms with Gasteiger partial charge in [-0.1, -0.05) is 17.4 Å². The largest absolute Gasteiger partial charge is 0.454 e. The van der Waals surface area contributed by atoms with Gasteiger partial charge in [-0.2, -0.15) is 0 Å². The Morgan fingerprint density at radius 2 is 2.18 bits per heavy atom. The van der Waals surface area contributed by atoms with E-state index in [-0.39, 0.29) is 6.79 Å². The summed E-state index contributed by atoms with van der Waals surface area (Å²) < 4.78 is 12.3. The lowest BCUT2D eigenvalue weighted by molar-refractivity contribution is 0.174. The maximum Gasteiger partial charge on any atom is 0.231 e. The number of hydrogen-bond donors (Lipinski definition) is 1. The van der Waals surface area contributed by atoms with Crippen LogP contribution in [-0.2, 0) is 6.54 Å². The van der Waals surface area contributed by atoms with Crippen LogP contribution in [-0.4, -0.2) is 26.8 Å².